The first-order valence-corrected chi connectivity index (χ1v) is 18.5. The Morgan fingerprint density at radius 3 is 2.08 bits per heavy atom. The molecule has 3 aromatic carbocycles. The lowest BCUT2D eigenvalue weighted by molar-refractivity contribution is -0.162. The Morgan fingerprint density at radius 1 is 0.922 bits per heavy atom. The van der Waals surface area contributed by atoms with Crippen LogP contribution in [-0.4, -0.2) is 66.8 Å². The zero-order valence-corrected chi connectivity index (χ0v) is 29.0. The molecule has 262 valence electrons. The zero-order valence-electron chi connectivity index (χ0n) is 29.0. The number of carbonyl (C=O) groups excluding carboxylic acids is 3. The van der Waals surface area contributed by atoms with Crippen molar-refractivity contribution >= 4 is 29.2 Å². The first-order valence-electron chi connectivity index (χ1n) is 18.5. The number of benzene rings is 3. The van der Waals surface area contributed by atoms with E-state index in [1.54, 1.807) is 12.1 Å². The summed E-state index contributed by atoms with van der Waals surface area (Å²) in [5.74, 6) is 2.89. The maximum Gasteiger partial charge on any atom is 0.340 e. The number of aryl methyl sites for hydroxylation is 2. The number of fused-ring (bicyclic) bond motifs is 8. The summed E-state index contributed by atoms with van der Waals surface area (Å²) < 4.78 is 13.9. The smallest absolute Gasteiger partial charge is 0.340 e. The molecule has 0 bridgehead atoms. The fourth-order valence-electron chi connectivity index (χ4n) is 9.52. The highest BCUT2D eigenvalue weighted by molar-refractivity contribution is 6.02. The highest BCUT2D eigenvalue weighted by Gasteiger charge is 2.56. The van der Waals surface area contributed by atoms with E-state index in [1.807, 2.05) is 6.07 Å². The van der Waals surface area contributed by atoms with Gasteiger partial charge in [0.05, 0.1) is 11.6 Å². The number of terminal acetylenes is 1. The number of nitrogens with zero attached hydrogens (tertiary/aromatic N) is 3. The standard InChI is InChI=1S/C41H42N4O6/c1-3-28(11-6-20-45(49)24(2)46)42-39(47)27-14-15-32-31(21-27)40(48)51-41(32)33-22-25-9-4-16-43-18-7-12-29(35(25)43)37(33)50-38-30-13-8-19-44-17-5-10-26(36(30)44)23-34(38)41/h1,14-15,21-23,28,49H,4-13,16-20H2,2H3,(H,42,47). The van der Waals surface area contributed by atoms with Gasteiger partial charge in [-0.25, -0.2) is 9.86 Å². The average molecular weight is 687 g/mol. The van der Waals surface area contributed by atoms with Gasteiger partial charge in [-0.1, -0.05) is 12.0 Å². The zero-order chi connectivity index (χ0) is 35.0. The first kappa shape index (κ1) is 31.9. The molecule has 0 aromatic heterocycles. The van der Waals surface area contributed by atoms with Crippen LogP contribution in [0, 0.1) is 12.3 Å². The van der Waals surface area contributed by atoms with Crippen molar-refractivity contribution in [2.75, 3.05) is 42.5 Å². The van der Waals surface area contributed by atoms with Crippen LogP contribution in [0.4, 0.5) is 11.4 Å². The molecule has 1 unspecified atom stereocenters. The number of ether oxygens (including phenoxy) is 2. The third kappa shape index (κ3) is 4.85. The van der Waals surface area contributed by atoms with Gasteiger partial charge in [-0.05, 0) is 99.6 Å². The van der Waals surface area contributed by atoms with Gasteiger partial charge in [0.15, 0.2) is 5.60 Å². The second-order valence-corrected chi connectivity index (χ2v) is 14.8. The number of carbonyl (C=O) groups is 3. The summed E-state index contributed by atoms with van der Waals surface area (Å²) >= 11 is 0. The van der Waals surface area contributed by atoms with Gasteiger partial charge in [-0.3, -0.25) is 14.8 Å². The molecular weight excluding hydrogens is 644 g/mol. The molecule has 6 heterocycles. The number of anilines is 2. The van der Waals surface area contributed by atoms with E-state index in [0.29, 0.717) is 29.0 Å². The number of rotatable bonds is 6. The van der Waals surface area contributed by atoms with E-state index >= 15 is 0 Å². The molecule has 6 aliphatic rings. The van der Waals surface area contributed by atoms with Crippen LogP contribution in [0.1, 0.15) is 105 Å². The molecule has 0 aliphatic carbocycles. The van der Waals surface area contributed by atoms with Gasteiger partial charge in [0.25, 0.3) is 5.91 Å². The molecule has 2 N–H and O–H groups in total. The molecule has 0 fully saturated rings. The van der Waals surface area contributed by atoms with Crippen molar-refractivity contribution in [2.45, 2.75) is 82.8 Å². The molecule has 0 saturated carbocycles. The Hall–Kier alpha value is -5.01. The predicted molar refractivity (Wildman–Crippen MR) is 191 cm³/mol. The quantitative estimate of drug-likeness (QED) is 0.154. The summed E-state index contributed by atoms with van der Waals surface area (Å²) in [6.07, 6.45) is 14.5. The largest absolute Gasteiger partial charge is 0.456 e. The Balaban J connectivity index is 1.16. The molecule has 0 radical (unpaired) electrons. The Morgan fingerprint density at radius 2 is 1.51 bits per heavy atom. The van der Waals surface area contributed by atoms with Gasteiger partial charge in [0.1, 0.15) is 11.5 Å². The van der Waals surface area contributed by atoms with Crippen LogP contribution in [0.2, 0.25) is 0 Å². The van der Waals surface area contributed by atoms with E-state index in [4.69, 9.17) is 15.9 Å². The summed E-state index contributed by atoms with van der Waals surface area (Å²) in [4.78, 5) is 44.1. The van der Waals surface area contributed by atoms with Crippen molar-refractivity contribution in [3.05, 3.63) is 80.4 Å². The molecule has 1 spiro atoms. The van der Waals surface area contributed by atoms with E-state index in [2.05, 4.69) is 33.2 Å². The molecule has 0 saturated heterocycles. The molecule has 6 aliphatic heterocycles. The summed E-state index contributed by atoms with van der Waals surface area (Å²) in [6, 6.07) is 9.12. The van der Waals surface area contributed by atoms with Crippen molar-refractivity contribution in [3.8, 4) is 23.8 Å². The number of esters is 1. The van der Waals surface area contributed by atoms with E-state index in [9.17, 15) is 19.6 Å². The van der Waals surface area contributed by atoms with Crippen LogP contribution >= 0.6 is 0 Å². The SMILES string of the molecule is C#CC(CCCN(O)C(C)=O)NC(=O)c1ccc2c(c1)C(=O)OC21c2cc3c4c(c2Oc2c1cc1c5c2CCCN5CCC1)CCCN4CCC3. The highest BCUT2D eigenvalue weighted by Crippen LogP contribution is 2.62. The molecule has 10 heteroatoms. The van der Waals surface area contributed by atoms with Crippen LogP contribution in [0.15, 0.2) is 30.3 Å². The fourth-order valence-corrected chi connectivity index (χ4v) is 9.52. The lowest BCUT2D eigenvalue weighted by atomic mass is 9.72. The van der Waals surface area contributed by atoms with Crippen LogP contribution in [0.25, 0.3) is 0 Å². The minimum absolute atomic E-state index is 0.106. The molecule has 2 amide bonds. The number of amides is 2. The van der Waals surface area contributed by atoms with E-state index in [1.165, 1.54) is 40.6 Å². The predicted octanol–water partition coefficient (Wildman–Crippen LogP) is 5.40. The Bertz CT molecular complexity index is 1980. The van der Waals surface area contributed by atoms with E-state index < -0.39 is 29.4 Å². The molecular formula is C41H42N4O6. The van der Waals surface area contributed by atoms with Crippen LogP contribution in [0.5, 0.6) is 11.5 Å². The van der Waals surface area contributed by atoms with Crippen molar-refractivity contribution in [3.63, 3.8) is 0 Å². The van der Waals surface area contributed by atoms with Crippen LogP contribution < -0.4 is 19.9 Å². The minimum Gasteiger partial charge on any atom is -0.456 e. The highest BCUT2D eigenvalue weighted by atomic mass is 16.6. The van der Waals surface area contributed by atoms with E-state index in [-0.39, 0.29) is 6.54 Å². The number of nitrogens with one attached hydrogen (secondary N) is 1. The normalized spacial score (nSPS) is 19.0. The topological polar surface area (TPSA) is 112 Å². The number of hydrogen-bond acceptors (Lipinski definition) is 8. The maximum atomic E-state index is 14.2. The third-order valence-corrected chi connectivity index (χ3v) is 11.8. The van der Waals surface area contributed by atoms with Crippen LogP contribution in [0.3, 0.4) is 0 Å². The van der Waals surface area contributed by atoms with Crippen molar-refractivity contribution in [1.29, 1.82) is 0 Å². The summed E-state index contributed by atoms with van der Waals surface area (Å²) in [6.45, 7) is 5.53. The fraction of sp³-hybridized carbons (Fsp3) is 0.439. The summed E-state index contributed by atoms with van der Waals surface area (Å²) in [7, 11) is 0. The first-order chi connectivity index (χ1) is 24.8. The van der Waals surface area contributed by atoms with Gasteiger partial charge in [-0.2, -0.15) is 0 Å². The summed E-state index contributed by atoms with van der Waals surface area (Å²) in [5, 5.41) is 13.2. The second kappa shape index (κ2) is 12.1. The number of hydroxylamine groups is 2. The van der Waals surface area contributed by atoms with Crippen LogP contribution in [-0.2, 0) is 40.8 Å². The molecule has 10 nitrogen and oxygen atoms in total. The summed E-state index contributed by atoms with van der Waals surface area (Å²) in [5.41, 5.74) is 9.50. The lowest BCUT2D eigenvalue weighted by Crippen LogP contribution is -2.40. The third-order valence-electron chi connectivity index (χ3n) is 11.8. The van der Waals surface area contributed by atoms with Crippen molar-refractivity contribution in [1.82, 2.24) is 10.4 Å². The Labute approximate surface area is 297 Å². The van der Waals surface area contributed by atoms with E-state index in [0.717, 1.165) is 106 Å². The molecule has 51 heavy (non-hydrogen) atoms. The average Bonchev–Trinajstić information content (AvgIpc) is 3.44. The number of hydrogen-bond donors (Lipinski definition) is 2. The van der Waals surface area contributed by atoms with Gasteiger partial charge in [0, 0.05) is 84.4 Å². The van der Waals surface area contributed by atoms with Crippen molar-refractivity contribution < 1.29 is 29.1 Å². The van der Waals surface area contributed by atoms with Gasteiger partial charge in [0.2, 0.25) is 5.91 Å². The lowest BCUT2D eigenvalue weighted by Gasteiger charge is -2.45. The minimum atomic E-state index is -1.21. The second-order valence-electron chi connectivity index (χ2n) is 14.8. The maximum absolute atomic E-state index is 14.2. The van der Waals surface area contributed by atoms with Gasteiger partial charge >= 0.3 is 5.97 Å². The monoisotopic (exact) mass is 686 g/mol. The Kier molecular flexibility index (Phi) is 7.55. The molecule has 1 atom stereocenters. The van der Waals surface area contributed by atoms with Crippen molar-refractivity contribution in [2.24, 2.45) is 0 Å². The van der Waals surface area contributed by atoms with Gasteiger partial charge < -0.3 is 24.6 Å². The molecule has 3 aromatic rings. The molecule has 9 rings (SSSR count). The van der Waals surface area contributed by atoms with Gasteiger partial charge in [-0.15, -0.1) is 6.42 Å².